The van der Waals surface area contributed by atoms with Crippen molar-refractivity contribution in [2.75, 3.05) is 20.3 Å². The molecule has 2 nitrogen and oxygen atoms in total. The minimum atomic E-state index is 0.380. The van der Waals surface area contributed by atoms with Crippen molar-refractivity contribution in [3.05, 3.63) is 34.9 Å². The van der Waals surface area contributed by atoms with Crippen LogP contribution >= 0.6 is 0 Å². The summed E-state index contributed by atoms with van der Waals surface area (Å²) in [6.07, 6.45) is 2.24. The maximum absolute atomic E-state index is 5.25. The molecule has 15 heavy (non-hydrogen) atoms. The highest BCUT2D eigenvalue weighted by Crippen LogP contribution is 2.24. The van der Waals surface area contributed by atoms with E-state index in [0.717, 1.165) is 26.0 Å². The molecule has 1 atom stereocenters. The first-order chi connectivity index (χ1) is 7.35. The minimum absolute atomic E-state index is 0.380. The SMILES string of the molecule is CCc1ccc2c(c1)[C@H](COC)NCC2. The minimum Gasteiger partial charge on any atom is -0.383 e. The Morgan fingerprint density at radius 1 is 1.47 bits per heavy atom. The second-order valence-corrected chi connectivity index (χ2v) is 4.10. The topological polar surface area (TPSA) is 21.3 Å². The normalized spacial score (nSPS) is 20.0. The van der Waals surface area contributed by atoms with Crippen LogP contribution in [0.3, 0.4) is 0 Å². The Morgan fingerprint density at radius 3 is 3.07 bits per heavy atom. The molecule has 1 aliphatic rings. The molecular weight excluding hydrogens is 186 g/mol. The highest BCUT2D eigenvalue weighted by atomic mass is 16.5. The second-order valence-electron chi connectivity index (χ2n) is 4.10. The van der Waals surface area contributed by atoms with Gasteiger partial charge in [-0.05, 0) is 36.1 Å². The third-order valence-corrected chi connectivity index (χ3v) is 3.11. The zero-order chi connectivity index (χ0) is 10.7. The van der Waals surface area contributed by atoms with Crippen molar-refractivity contribution in [3.63, 3.8) is 0 Å². The third kappa shape index (κ3) is 2.21. The van der Waals surface area contributed by atoms with Gasteiger partial charge in [-0.15, -0.1) is 0 Å². The molecule has 82 valence electrons. The fraction of sp³-hybridized carbons (Fsp3) is 0.538. The predicted molar refractivity (Wildman–Crippen MR) is 62.1 cm³/mol. The van der Waals surface area contributed by atoms with Crippen molar-refractivity contribution >= 4 is 0 Å². The second kappa shape index (κ2) is 4.77. The van der Waals surface area contributed by atoms with Crippen LogP contribution in [-0.4, -0.2) is 20.3 Å². The number of hydrogen-bond donors (Lipinski definition) is 1. The summed E-state index contributed by atoms with van der Waals surface area (Å²) < 4.78 is 5.25. The predicted octanol–water partition coefficient (Wildman–Crippen LogP) is 2.08. The van der Waals surface area contributed by atoms with E-state index in [2.05, 4.69) is 30.4 Å². The average molecular weight is 205 g/mol. The molecule has 0 saturated carbocycles. The molecule has 0 saturated heterocycles. The zero-order valence-electron chi connectivity index (χ0n) is 9.55. The monoisotopic (exact) mass is 205 g/mol. The van der Waals surface area contributed by atoms with Gasteiger partial charge in [-0.25, -0.2) is 0 Å². The largest absolute Gasteiger partial charge is 0.383 e. The van der Waals surface area contributed by atoms with Gasteiger partial charge in [0.1, 0.15) is 0 Å². The highest BCUT2D eigenvalue weighted by Gasteiger charge is 2.19. The fourth-order valence-electron chi connectivity index (χ4n) is 2.22. The fourth-order valence-corrected chi connectivity index (χ4v) is 2.22. The van der Waals surface area contributed by atoms with Crippen molar-refractivity contribution in [2.45, 2.75) is 25.8 Å². The molecular formula is C13H19NO. The van der Waals surface area contributed by atoms with Crippen LogP contribution in [0.15, 0.2) is 18.2 Å². The van der Waals surface area contributed by atoms with Crippen LogP contribution in [0.1, 0.15) is 29.7 Å². The van der Waals surface area contributed by atoms with Crippen molar-refractivity contribution in [1.29, 1.82) is 0 Å². The van der Waals surface area contributed by atoms with E-state index >= 15 is 0 Å². The van der Waals surface area contributed by atoms with E-state index < -0.39 is 0 Å². The van der Waals surface area contributed by atoms with Gasteiger partial charge in [0.25, 0.3) is 0 Å². The lowest BCUT2D eigenvalue weighted by molar-refractivity contribution is 0.164. The zero-order valence-corrected chi connectivity index (χ0v) is 9.55. The smallest absolute Gasteiger partial charge is 0.0657 e. The van der Waals surface area contributed by atoms with E-state index in [1.54, 1.807) is 7.11 Å². The Hall–Kier alpha value is -0.860. The molecule has 1 aromatic rings. The molecule has 0 amide bonds. The number of fused-ring (bicyclic) bond motifs is 1. The first-order valence-corrected chi connectivity index (χ1v) is 5.69. The Balaban J connectivity index is 2.30. The summed E-state index contributed by atoms with van der Waals surface area (Å²) in [6.45, 7) is 4.02. The van der Waals surface area contributed by atoms with E-state index in [1.165, 1.54) is 16.7 Å². The summed E-state index contributed by atoms with van der Waals surface area (Å²) in [6, 6.07) is 7.22. The lowest BCUT2D eigenvalue weighted by Gasteiger charge is -2.27. The molecule has 0 bridgehead atoms. The Bertz CT molecular complexity index is 335. The van der Waals surface area contributed by atoms with E-state index in [9.17, 15) is 0 Å². The van der Waals surface area contributed by atoms with Gasteiger partial charge < -0.3 is 10.1 Å². The number of benzene rings is 1. The van der Waals surface area contributed by atoms with Crippen LogP contribution in [0.4, 0.5) is 0 Å². The average Bonchev–Trinajstić information content (AvgIpc) is 2.29. The molecule has 0 unspecified atom stereocenters. The van der Waals surface area contributed by atoms with Crippen LogP contribution in [0.25, 0.3) is 0 Å². The van der Waals surface area contributed by atoms with Crippen LogP contribution in [0.2, 0.25) is 0 Å². The van der Waals surface area contributed by atoms with Gasteiger partial charge in [0, 0.05) is 7.11 Å². The van der Waals surface area contributed by atoms with Crippen LogP contribution in [0, 0.1) is 0 Å². The number of methoxy groups -OCH3 is 1. The van der Waals surface area contributed by atoms with Crippen molar-refractivity contribution < 1.29 is 4.74 Å². The molecule has 0 aliphatic carbocycles. The number of nitrogens with one attached hydrogen (secondary N) is 1. The number of aryl methyl sites for hydroxylation is 1. The molecule has 0 fully saturated rings. The van der Waals surface area contributed by atoms with E-state index in [-0.39, 0.29) is 0 Å². The Morgan fingerprint density at radius 2 is 2.33 bits per heavy atom. The first kappa shape index (κ1) is 10.7. The van der Waals surface area contributed by atoms with Crippen molar-refractivity contribution in [3.8, 4) is 0 Å². The molecule has 1 aliphatic heterocycles. The van der Waals surface area contributed by atoms with Crippen molar-refractivity contribution in [2.24, 2.45) is 0 Å². The van der Waals surface area contributed by atoms with Crippen LogP contribution in [-0.2, 0) is 17.6 Å². The van der Waals surface area contributed by atoms with E-state index in [4.69, 9.17) is 4.74 Å². The summed E-state index contributed by atoms with van der Waals surface area (Å²) in [5.74, 6) is 0. The van der Waals surface area contributed by atoms with Gasteiger partial charge in [-0.3, -0.25) is 0 Å². The van der Waals surface area contributed by atoms with Gasteiger partial charge in [0.2, 0.25) is 0 Å². The van der Waals surface area contributed by atoms with Gasteiger partial charge in [0.15, 0.2) is 0 Å². The lowest BCUT2D eigenvalue weighted by Crippen LogP contribution is -2.32. The number of ether oxygens (including phenoxy) is 1. The van der Waals surface area contributed by atoms with E-state index in [0.29, 0.717) is 6.04 Å². The summed E-state index contributed by atoms with van der Waals surface area (Å²) in [7, 11) is 1.76. The van der Waals surface area contributed by atoms with Crippen LogP contribution in [0.5, 0.6) is 0 Å². The van der Waals surface area contributed by atoms with Gasteiger partial charge >= 0.3 is 0 Å². The molecule has 0 radical (unpaired) electrons. The number of rotatable bonds is 3. The van der Waals surface area contributed by atoms with Gasteiger partial charge in [-0.2, -0.15) is 0 Å². The summed E-state index contributed by atoms with van der Waals surface area (Å²) in [5, 5.41) is 3.50. The standard InChI is InChI=1S/C13H19NO/c1-3-10-4-5-11-6-7-14-13(9-15-2)12(11)8-10/h4-5,8,13-14H,3,6-7,9H2,1-2H3/t13-/m0/s1. The molecule has 1 N–H and O–H groups in total. The summed E-state index contributed by atoms with van der Waals surface area (Å²) in [4.78, 5) is 0. The molecule has 0 spiro atoms. The quantitative estimate of drug-likeness (QED) is 0.815. The number of hydrogen-bond acceptors (Lipinski definition) is 2. The first-order valence-electron chi connectivity index (χ1n) is 5.69. The van der Waals surface area contributed by atoms with Gasteiger partial charge in [-0.1, -0.05) is 25.1 Å². The van der Waals surface area contributed by atoms with Crippen LogP contribution < -0.4 is 5.32 Å². The van der Waals surface area contributed by atoms with Crippen molar-refractivity contribution in [1.82, 2.24) is 5.32 Å². The van der Waals surface area contributed by atoms with Gasteiger partial charge in [0.05, 0.1) is 12.6 Å². The lowest BCUT2D eigenvalue weighted by atomic mass is 9.92. The Kier molecular flexibility index (Phi) is 3.39. The molecule has 0 aromatic heterocycles. The summed E-state index contributed by atoms with van der Waals surface area (Å²) >= 11 is 0. The highest BCUT2D eigenvalue weighted by molar-refractivity contribution is 5.36. The Labute approximate surface area is 91.6 Å². The summed E-state index contributed by atoms with van der Waals surface area (Å²) in [5.41, 5.74) is 4.33. The molecule has 1 heterocycles. The molecule has 1 aromatic carbocycles. The maximum atomic E-state index is 5.25. The third-order valence-electron chi connectivity index (χ3n) is 3.11. The molecule has 2 rings (SSSR count). The van der Waals surface area contributed by atoms with E-state index in [1.807, 2.05) is 0 Å². The molecule has 2 heteroatoms. The maximum Gasteiger partial charge on any atom is 0.0657 e.